The van der Waals surface area contributed by atoms with Crippen LogP contribution in [0.25, 0.3) is 10.9 Å². The van der Waals surface area contributed by atoms with Crippen molar-refractivity contribution in [2.24, 2.45) is 0 Å². The van der Waals surface area contributed by atoms with E-state index in [1.807, 2.05) is 58.0 Å². The van der Waals surface area contributed by atoms with E-state index in [-0.39, 0.29) is 11.2 Å². The molecule has 0 bridgehead atoms. The van der Waals surface area contributed by atoms with Gasteiger partial charge in [0.05, 0.1) is 16.7 Å². The van der Waals surface area contributed by atoms with E-state index in [1.165, 1.54) is 0 Å². The Morgan fingerprint density at radius 2 is 1.65 bits per heavy atom. The van der Waals surface area contributed by atoms with Crippen LogP contribution in [0.15, 0.2) is 30.3 Å². The van der Waals surface area contributed by atoms with Gasteiger partial charge in [-0.25, -0.2) is 4.98 Å². The SMILES string of the molecule is CC1(C)OB(c2cc(N)nc3ccccc23)OC1(C)C. The van der Waals surface area contributed by atoms with Crippen molar-refractivity contribution in [2.75, 3.05) is 5.73 Å². The highest BCUT2D eigenvalue weighted by Gasteiger charge is 2.52. The maximum Gasteiger partial charge on any atom is 0.495 e. The summed E-state index contributed by atoms with van der Waals surface area (Å²) >= 11 is 0. The molecule has 4 nitrogen and oxygen atoms in total. The molecule has 3 rings (SSSR count). The minimum absolute atomic E-state index is 0.364. The summed E-state index contributed by atoms with van der Waals surface area (Å²) in [6.07, 6.45) is 0. The molecule has 0 amide bonds. The van der Waals surface area contributed by atoms with Gasteiger partial charge in [-0.1, -0.05) is 18.2 Å². The molecule has 0 unspecified atom stereocenters. The molecule has 1 fully saturated rings. The molecule has 2 heterocycles. The zero-order chi connectivity index (χ0) is 14.5. The molecule has 2 N–H and O–H groups in total. The zero-order valence-corrected chi connectivity index (χ0v) is 12.3. The average Bonchev–Trinajstić information content (AvgIpc) is 2.57. The summed E-state index contributed by atoms with van der Waals surface area (Å²) in [5.74, 6) is 0.480. The number of fused-ring (bicyclic) bond motifs is 1. The fourth-order valence-corrected chi connectivity index (χ4v) is 2.39. The normalized spacial score (nSPS) is 20.5. The molecule has 5 heteroatoms. The molecule has 1 aliphatic rings. The van der Waals surface area contributed by atoms with E-state index in [9.17, 15) is 0 Å². The number of rotatable bonds is 1. The minimum Gasteiger partial charge on any atom is -0.399 e. The van der Waals surface area contributed by atoms with Crippen LogP contribution in [0.2, 0.25) is 0 Å². The summed E-state index contributed by atoms with van der Waals surface area (Å²) in [4.78, 5) is 4.35. The van der Waals surface area contributed by atoms with Crippen molar-refractivity contribution in [3.63, 3.8) is 0 Å². The Kier molecular flexibility index (Phi) is 2.82. The second-order valence-electron chi connectivity index (χ2n) is 6.24. The monoisotopic (exact) mass is 270 g/mol. The van der Waals surface area contributed by atoms with Gasteiger partial charge in [-0.2, -0.15) is 0 Å². The number of hydrogen-bond donors (Lipinski definition) is 1. The number of hydrogen-bond acceptors (Lipinski definition) is 4. The minimum atomic E-state index is -0.421. The molecule has 104 valence electrons. The average molecular weight is 270 g/mol. The Morgan fingerprint density at radius 1 is 1.05 bits per heavy atom. The number of aromatic nitrogens is 1. The number of pyridine rings is 1. The van der Waals surface area contributed by atoms with Crippen molar-refractivity contribution in [1.82, 2.24) is 4.98 Å². The first-order valence-corrected chi connectivity index (χ1v) is 6.81. The lowest BCUT2D eigenvalue weighted by molar-refractivity contribution is 0.00578. The van der Waals surface area contributed by atoms with E-state index in [0.717, 1.165) is 16.4 Å². The van der Waals surface area contributed by atoms with Crippen LogP contribution in [0.5, 0.6) is 0 Å². The van der Waals surface area contributed by atoms with Gasteiger partial charge in [0.25, 0.3) is 0 Å². The van der Waals surface area contributed by atoms with Gasteiger partial charge in [-0.05, 0) is 45.3 Å². The fourth-order valence-electron chi connectivity index (χ4n) is 2.39. The summed E-state index contributed by atoms with van der Waals surface area (Å²) < 4.78 is 12.2. The van der Waals surface area contributed by atoms with Crippen LogP contribution in [-0.2, 0) is 9.31 Å². The molecule has 0 aliphatic carbocycles. The molecule has 1 aromatic heterocycles. The summed E-state index contributed by atoms with van der Waals surface area (Å²) in [5.41, 5.74) is 6.97. The molecule has 20 heavy (non-hydrogen) atoms. The third-order valence-corrected chi connectivity index (χ3v) is 4.28. The molecule has 0 radical (unpaired) electrons. The molecule has 0 saturated carbocycles. The molecule has 1 aromatic carbocycles. The Morgan fingerprint density at radius 3 is 2.30 bits per heavy atom. The summed E-state index contributed by atoms with van der Waals surface area (Å²) in [6.45, 7) is 8.17. The van der Waals surface area contributed by atoms with Gasteiger partial charge in [0.2, 0.25) is 0 Å². The maximum absolute atomic E-state index is 6.11. The lowest BCUT2D eigenvalue weighted by Gasteiger charge is -2.32. The number of nitrogen functional groups attached to an aromatic ring is 1. The number of benzene rings is 1. The number of nitrogens with two attached hydrogens (primary N) is 1. The molecule has 0 atom stereocenters. The molecule has 1 saturated heterocycles. The third-order valence-electron chi connectivity index (χ3n) is 4.28. The second-order valence-corrected chi connectivity index (χ2v) is 6.24. The van der Waals surface area contributed by atoms with Gasteiger partial charge >= 0.3 is 7.12 Å². The van der Waals surface area contributed by atoms with E-state index in [1.54, 1.807) is 0 Å². The molecule has 2 aromatic rings. The van der Waals surface area contributed by atoms with Crippen molar-refractivity contribution in [1.29, 1.82) is 0 Å². The second kappa shape index (κ2) is 4.20. The first-order valence-electron chi connectivity index (χ1n) is 6.81. The smallest absolute Gasteiger partial charge is 0.399 e. The van der Waals surface area contributed by atoms with Gasteiger partial charge in [0.1, 0.15) is 5.82 Å². The standard InChI is InChI=1S/C15H19BN2O2/c1-14(2)15(3,4)20-16(19-14)11-9-13(17)18-12-8-6-5-7-10(11)12/h5-9H,1-4H3,(H2,17,18). The molecular weight excluding hydrogens is 251 g/mol. The Bertz CT molecular complexity index is 654. The van der Waals surface area contributed by atoms with Gasteiger partial charge in [0, 0.05) is 5.39 Å². The Balaban J connectivity index is 2.12. The van der Waals surface area contributed by atoms with Crippen LogP contribution in [-0.4, -0.2) is 23.3 Å². The molecular formula is C15H19BN2O2. The van der Waals surface area contributed by atoms with E-state index in [4.69, 9.17) is 15.0 Å². The lowest BCUT2D eigenvalue weighted by Crippen LogP contribution is -2.41. The van der Waals surface area contributed by atoms with Crippen molar-refractivity contribution < 1.29 is 9.31 Å². The molecule has 0 spiro atoms. The quantitative estimate of drug-likeness (QED) is 0.806. The van der Waals surface area contributed by atoms with E-state index >= 15 is 0 Å². The third kappa shape index (κ3) is 1.98. The fraction of sp³-hybridized carbons (Fsp3) is 0.400. The van der Waals surface area contributed by atoms with Crippen molar-refractivity contribution in [3.8, 4) is 0 Å². The van der Waals surface area contributed by atoms with E-state index in [0.29, 0.717) is 5.82 Å². The maximum atomic E-state index is 6.11. The van der Waals surface area contributed by atoms with E-state index in [2.05, 4.69) is 4.98 Å². The molecule has 1 aliphatic heterocycles. The van der Waals surface area contributed by atoms with Crippen LogP contribution in [0.3, 0.4) is 0 Å². The zero-order valence-electron chi connectivity index (χ0n) is 12.3. The highest BCUT2D eigenvalue weighted by Crippen LogP contribution is 2.37. The van der Waals surface area contributed by atoms with Crippen LogP contribution >= 0.6 is 0 Å². The first-order chi connectivity index (χ1) is 9.30. The van der Waals surface area contributed by atoms with Crippen molar-refractivity contribution in [2.45, 2.75) is 38.9 Å². The van der Waals surface area contributed by atoms with Crippen LogP contribution in [0.1, 0.15) is 27.7 Å². The van der Waals surface area contributed by atoms with Crippen LogP contribution < -0.4 is 11.2 Å². The number of anilines is 1. The Hall–Kier alpha value is -1.59. The summed E-state index contributed by atoms with van der Waals surface area (Å²) in [5, 5.41) is 1.01. The van der Waals surface area contributed by atoms with Gasteiger partial charge in [-0.15, -0.1) is 0 Å². The topological polar surface area (TPSA) is 57.4 Å². The summed E-state index contributed by atoms with van der Waals surface area (Å²) in [6, 6.07) is 9.73. The van der Waals surface area contributed by atoms with Crippen LogP contribution in [0.4, 0.5) is 5.82 Å². The van der Waals surface area contributed by atoms with Gasteiger partial charge < -0.3 is 15.0 Å². The Labute approximate surface area is 119 Å². The first kappa shape index (κ1) is 13.4. The van der Waals surface area contributed by atoms with Gasteiger partial charge in [-0.3, -0.25) is 0 Å². The highest BCUT2D eigenvalue weighted by molar-refractivity contribution is 6.65. The van der Waals surface area contributed by atoms with Crippen molar-refractivity contribution in [3.05, 3.63) is 30.3 Å². The number of nitrogens with zero attached hydrogens (tertiary/aromatic N) is 1. The van der Waals surface area contributed by atoms with Crippen LogP contribution in [0, 0.1) is 0 Å². The summed E-state index contributed by atoms with van der Waals surface area (Å²) in [7, 11) is -0.421. The largest absolute Gasteiger partial charge is 0.495 e. The number of para-hydroxylation sites is 1. The highest BCUT2D eigenvalue weighted by atomic mass is 16.7. The van der Waals surface area contributed by atoms with Crippen molar-refractivity contribution >= 4 is 29.3 Å². The predicted molar refractivity (Wildman–Crippen MR) is 81.9 cm³/mol. The van der Waals surface area contributed by atoms with E-state index < -0.39 is 7.12 Å². The van der Waals surface area contributed by atoms with Gasteiger partial charge in [0.15, 0.2) is 0 Å². The predicted octanol–water partition coefficient (Wildman–Crippen LogP) is 2.12. The lowest BCUT2D eigenvalue weighted by atomic mass is 9.77.